The van der Waals surface area contributed by atoms with E-state index in [0.29, 0.717) is 0 Å². The predicted octanol–water partition coefficient (Wildman–Crippen LogP) is 1.95. The maximum Gasteiger partial charge on any atom is 0.142 e. The van der Waals surface area contributed by atoms with E-state index in [1.165, 1.54) is 24.1 Å². The molecule has 0 aromatic carbocycles. The maximum absolute atomic E-state index is 9.18. The molecular weight excluding hydrogens is 206 g/mol. The average Bonchev–Trinajstić information content (AvgIpc) is 2.99. The van der Waals surface area contributed by atoms with Crippen LogP contribution in [0, 0.1) is 17.2 Å². The SMILES string of the molecule is N#Cc1c2c(nn1CC1CC1)CCSC2. The van der Waals surface area contributed by atoms with Gasteiger partial charge in [-0.2, -0.15) is 22.1 Å². The Morgan fingerprint density at radius 1 is 1.53 bits per heavy atom. The molecule has 3 rings (SSSR count). The van der Waals surface area contributed by atoms with Gasteiger partial charge in [-0.1, -0.05) is 0 Å². The smallest absolute Gasteiger partial charge is 0.142 e. The van der Waals surface area contributed by atoms with Gasteiger partial charge in [0.05, 0.1) is 5.69 Å². The molecule has 0 N–H and O–H groups in total. The van der Waals surface area contributed by atoms with Crippen LogP contribution in [-0.4, -0.2) is 15.5 Å². The van der Waals surface area contributed by atoms with Gasteiger partial charge in [-0.15, -0.1) is 0 Å². The van der Waals surface area contributed by atoms with Crippen molar-refractivity contribution in [1.82, 2.24) is 9.78 Å². The molecule has 1 aromatic heterocycles. The largest absolute Gasteiger partial charge is 0.254 e. The first-order chi connectivity index (χ1) is 7.38. The topological polar surface area (TPSA) is 41.6 Å². The molecule has 0 bridgehead atoms. The first-order valence-corrected chi connectivity index (χ1v) is 6.60. The summed E-state index contributed by atoms with van der Waals surface area (Å²) in [5, 5.41) is 13.8. The molecule has 0 spiro atoms. The lowest BCUT2D eigenvalue weighted by atomic mass is 10.1. The van der Waals surface area contributed by atoms with Crippen LogP contribution in [0.1, 0.15) is 29.8 Å². The van der Waals surface area contributed by atoms with Gasteiger partial charge < -0.3 is 0 Å². The molecule has 4 heteroatoms. The highest BCUT2D eigenvalue weighted by Gasteiger charge is 2.26. The summed E-state index contributed by atoms with van der Waals surface area (Å²) in [5.41, 5.74) is 3.20. The Kier molecular flexibility index (Phi) is 2.21. The fourth-order valence-electron chi connectivity index (χ4n) is 2.05. The lowest BCUT2D eigenvalue weighted by Gasteiger charge is -2.07. The quantitative estimate of drug-likeness (QED) is 0.763. The number of nitrogens with zero attached hydrogens (tertiary/aromatic N) is 3. The summed E-state index contributed by atoms with van der Waals surface area (Å²) in [4.78, 5) is 0. The second-order valence-electron chi connectivity index (χ2n) is 4.31. The Hall–Kier alpha value is -0.950. The molecule has 1 saturated carbocycles. The molecule has 3 nitrogen and oxygen atoms in total. The summed E-state index contributed by atoms with van der Waals surface area (Å²) in [6.07, 6.45) is 3.65. The van der Waals surface area contributed by atoms with Gasteiger partial charge in [0.1, 0.15) is 11.8 Å². The van der Waals surface area contributed by atoms with Crippen molar-refractivity contribution < 1.29 is 0 Å². The van der Waals surface area contributed by atoms with E-state index in [9.17, 15) is 5.26 Å². The van der Waals surface area contributed by atoms with E-state index in [0.717, 1.165) is 36.1 Å². The van der Waals surface area contributed by atoms with Crippen molar-refractivity contribution in [3.8, 4) is 6.07 Å². The van der Waals surface area contributed by atoms with E-state index in [4.69, 9.17) is 0 Å². The van der Waals surface area contributed by atoms with Crippen molar-refractivity contribution in [2.75, 3.05) is 5.75 Å². The number of nitriles is 1. The summed E-state index contributed by atoms with van der Waals surface area (Å²) < 4.78 is 1.95. The minimum absolute atomic E-state index is 0.783. The standard InChI is InChI=1S/C11H13N3S/c12-5-11-9-7-15-4-3-10(9)13-14(11)6-8-1-2-8/h8H,1-4,6-7H2. The summed E-state index contributed by atoms with van der Waals surface area (Å²) in [6, 6.07) is 2.32. The predicted molar refractivity (Wildman–Crippen MR) is 59.5 cm³/mol. The van der Waals surface area contributed by atoms with Gasteiger partial charge in [0, 0.05) is 24.3 Å². The van der Waals surface area contributed by atoms with E-state index < -0.39 is 0 Å². The molecule has 2 aliphatic rings. The maximum atomic E-state index is 9.18. The third kappa shape index (κ3) is 1.65. The number of fused-ring (bicyclic) bond motifs is 1. The fraction of sp³-hybridized carbons (Fsp3) is 0.636. The number of rotatable bonds is 2. The van der Waals surface area contributed by atoms with Crippen molar-refractivity contribution in [2.45, 2.75) is 31.6 Å². The van der Waals surface area contributed by atoms with Gasteiger partial charge in [-0.3, -0.25) is 4.68 Å². The molecule has 0 amide bonds. The van der Waals surface area contributed by atoms with Crippen LogP contribution in [0.25, 0.3) is 0 Å². The molecule has 0 unspecified atom stereocenters. The number of aromatic nitrogens is 2. The second-order valence-corrected chi connectivity index (χ2v) is 5.42. The molecule has 2 heterocycles. The van der Waals surface area contributed by atoms with Gasteiger partial charge in [-0.05, 0) is 24.5 Å². The van der Waals surface area contributed by atoms with Crippen molar-refractivity contribution in [3.05, 3.63) is 17.0 Å². The number of hydrogen-bond acceptors (Lipinski definition) is 3. The van der Waals surface area contributed by atoms with Crippen LogP contribution in [0.4, 0.5) is 0 Å². The van der Waals surface area contributed by atoms with Crippen LogP contribution in [0.2, 0.25) is 0 Å². The monoisotopic (exact) mass is 219 g/mol. The molecular formula is C11H13N3S. The van der Waals surface area contributed by atoms with Crippen LogP contribution in [0.3, 0.4) is 0 Å². The number of thioether (sulfide) groups is 1. The summed E-state index contributed by atoms with van der Waals surface area (Å²) in [5.74, 6) is 2.91. The Morgan fingerprint density at radius 2 is 2.40 bits per heavy atom. The molecule has 0 radical (unpaired) electrons. The van der Waals surface area contributed by atoms with Crippen LogP contribution in [0.5, 0.6) is 0 Å². The van der Waals surface area contributed by atoms with Crippen LogP contribution >= 0.6 is 11.8 Å². The van der Waals surface area contributed by atoms with Gasteiger partial charge in [0.15, 0.2) is 0 Å². The Bertz CT molecular complexity index is 426. The Morgan fingerprint density at radius 3 is 3.13 bits per heavy atom. The van der Waals surface area contributed by atoms with Crippen molar-refractivity contribution >= 4 is 11.8 Å². The van der Waals surface area contributed by atoms with Crippen molar-refractivity contribution in [1.29, 1.82) is 5.26 Å². The van der Waals surface area contributed by atoms with Gasteiger partial charge in [0.25, 0.3) is 0 Å². The molecule has 78 valence electrons. The highest BCUT2D eigenvalue weighted by atomic mass is 32.2. The molecule has 0 saturated heterocycles. The highest BCUT2D eigenvalue weighted by molar-refractivity contribution is 7.98. The van der Waals surface area contributed by atoms with Gasteiger partial charge in [0.2, 0.25) is 0 Å². The zero-order valence-electron chi connectivity index (χ0n) is 8.57. The fourth-order valence-corrected chi connectivity index (χ4v) is 3.04. The second kappa shape index (κ2) is 3.57. The number of aryl methyl sites for hydroxylation is 1. The Labute approximate surface area is 93.5 Å². The van der Waals surface area contributed by atoms with Gasteiger partial charge in [-0.25, -0.2) is 0 Å². The molecule has 1 aromatic rings. The van der Waals surface area contributed by atoms with E-state index in [2.05, 4.69) is 11.2 Å². The van der Waals surface area contributed by atoms with Crippen molar-refractivity contribution in [3.63, 3.8) is 0 Å². The highest BCUT2D eigenvalue weighted by Crippen LogP contribution is 2.33. The zero-order chi connectivity index (χ0) is 10.3. The average molecular weight is 219 g/mol. The normalized spacial score (nSPS) is 19.7. The summed E-state index contributed by atoms with van der Waals surface area (Å²) in [7, 11) is 0. The summed E-state index contributed by atoms with van der Waals surface area (Å²) >= 11 is 1.91. The van der Waals surface area contributed by atoms with E-state index in [-0.39, 0.29) is 0 Å². The lowest BCUT2D eigenvalue weighted by Crippen LogP contribution is -2.04. The van der Waals surface area contributed by atoms with Crippen molar-refractivity contribution in [2.24, 2.45) is 5.92 Å². The first-order valence-electron chi connectivity index (χ1n) is 5.45. The van der Waals surface area contributed by atoms with Crippen LogP contribution < -0.4 is 0 Å². The molecule has 15 heavy (non-hydrogen) atoms. The zero-order valence-corrected chi connectivity index (χ0v) is 9.39. The third-order valence-corrected chi connectivity index (χ3v) is 4.08. The third-order valence-electron chi connectivity index (χ3n) is 3.10. The molecule has 0 atom stereocenters. The van der Waals surface area contributed by atoms with Crippen LogP contribution in [-0.2, 0) is 18.7 Å². The lowest BCUT2D eigenvalue weighted by molar-refractivity contribution is 0.552. The molecule has 1 fully saturated rings. The molecule has 1 aliphatic carbocycles. The molecule has 1 aliphatic heterocycles. The van der Waals surface area contributed by atoms with E-state index in [1.54, 1.807) is 0 Å². The van der Waals surface area contributed by atoms with Crippen LogP contribution in [0.15, 0.2) is 0 Å². The summed E-state index contributed by atoms with van der Waals surface area (Å²) in [6.45, 7) is 0.959. The minimum atomic E-state index is 0.783. The van der Waals surface area contributed by atoms with E-state index in [1.807, 2.05) is 16.4 Å². The Balaban J connectivity index is 1.98. The first kappa shape index (κ1) is 9.29. The van der Waals surface area contributed by atoms with E-state index >= 15 is 0 Å². The minimum Gasteiger partial charge on any atom is -0.254 e. The van der Waals surface area contributed by atoms with Gasteiger partial charge >= 0.3 is 0 Å². The number of hydrogen-bond donors (Lipinski definition) is 0.